The van der Waals surface area contributed by atoms with Gasteiger partial charge in [-0.05, 0) is 11.1 Å². The van der Waals surface area contributed by atoms with E-state index in [0.29, 0.717) is 18.4 Å². The zero-order valence-corrected chi connectivity index (χ0v) is 16.0. The molecule has 1 aliphatic heterocycles. The number of nitrogens with zero attached hydrogens (tertiary/aromatic N) is 1. The first-order valence-electron chi connectivity index (χ1n) is 9.81. The van der Waals surface area contributed by atoms with Gasteiger partial charge >= 0.3 is 0 Å². The van der Waals surface area contributed by atoms with E-state index in [4.69, 9.17) is 0 Å². The molecule has 0 unspecified atom stereocenters. The van der Waals surface area contributed by atoms with Crippen LogP contribution in [0.15, 0.2) is 60.7 Å². The van der Waals surface area contributed by atoms with Crippen molar-refractivity contribution >= 4 is 5.91 Å². The van der Waals surface area contributed by atoms with Crippen LogP contribution in [0.2, 0.25) is 0 Å². The number of likely N-dealkylation sites (tertiary alicyclic amines) is 1. The van der Waals surface area contributed by atoms with Crippen LogP contribution in [0.1, 0.15) is 36.8 Å². The quantitative estimate of drug-likeness (QED) is 0.850. The van der Waals surface area contributed by atoms with Gasteiger partial charge in [-0.2, -0.15) is 0 Å². The molecule has 0 saturated carbocycles. The summed E-state index contributed by atoms with van der Waals surface area (Å²) in [6.07, 6.45) is 2.02. The molecule has 2 aromatic rings. The number of carbonyl (C=O) groups excluding carboxylic acids is 1. The number of hydrogen-bond donors (Lipinski definition) is 1. The maximum atomic E-state index is 12.8. The van der Waals surface area contributed by atoms with Crippen molar-refractivity contribution in [3.63, 3.8) is 0 Å². The second kappa shape index (κ2) is 9.00. The molecule has 1 aliphatic rings. The summed E-state index contributed by atoms with van der Waals surface area (Å²) in [5.74, 6) is 1.07. The molecule has 3 rings (SSSR count). The standard InChI is InChI=1S/C23H30N2O/c1-19(21-11-7-4-8-12-21)17-25-15-13-22(14-16-25)23(26)24(2)18-20-9-5-3-6-10-20/h3-12,19,22H,13-18H2,1-2H3/p+1/t19-/m0/s1. The second-order valence-corrected chi connectivity index (χ2v) is 7.72. The van der Waals surface area contributed by atoms with E-state index in [0.717, 1.165) is 32.5 Å². The third-order valence-electron chi connectivity index (χ3n) is 5.64. The van der Waals surface area contributed by atoms with Crippen molar-refractivity contribution < 1.29 is 9.69 Å². The van der Waals surface area contributed by atoms with E-state index in [1.54, 1.807) is 4.90 Å². The van der Waals surface area contributed by atoms with E-state index in [-0.39, 0.29) is 5.92 Å². The highest BCUT2D eigenvalue weighted by molar-refractivity contribution is 5.78. The van der Waals surface area contributed by atoms with Gasteiger partial charge in [0.15, 0.2) is 0 Å². The van der Waals surface area contributed by atoms with Crippen molar-refractivity contribution in [1.82, 2.24) is 4.90 Å². The average Bonchev–Trinajstić information content (AvgIpc) is 2.69. The maximum absolute atomic E-state index is 12.8. The van der Waals surface area contributed by atoms with Crippen molar-refractivity contribution in [2.24, 2.45) is 5.92 Å². The van der Waals surface area contributed by atoms with Crippen LogP contribution < -0.4 is 4.90 Å². The summed E-state index contributed by atoms with van der Waals surface area (Å²) in [4.78, 5) is 16.3. The molecule has 1 amide bonds. The summed E-state index contributed by atoms with van der Waals surface area (Å²) in [5, 5.41) is 0. The Morgan fingerprint density at radius 1 is 1.04 bits per heavy atom. The van der Waals surface area contributed by atoms with E-state index in [1.807, 2.05) is 30.1 Å². The van der Waals surface area contributed by atoms with Gasteiger partial charge in [0.05, 0.1) is 19.6 Å². The van der Waals surface area contributed by atoms with Crippen LogP contribution in [-0.4, -0.2) is 37.5 Å². The molecule has 0 radical (unpaired) electrons. The van der Waals surface area contributed by atoms with Crippen LogP contribution in [0.3, 0.4) is 0 Å². The van der Waals surface area contributed by atoms with Crippen molar-refractivity contribution in [1.29, 1.82) is 0 Å². The lowest BCUT2D eigenvalue weighted by Crippen LogP contribution is -3.13. The van der Waals surface area contributed by atoms with E-state index in [1.165, 1.54) is 11.1 Å². The molecule has 0 aromatic heterocycles. The van der Waals surface area contributed by atoms with Gasteiger partial charge in [-0.1, -0.05) is 67.6 Å². The van der Waals surface area contributed by atoms with Gasteiger partial charge in [0.2, 0.25) is 5.91 Å². The Bertz CT molecular complexity index is 678. The van der Waals surface area contributed by atoms with Crippen molar-refractivity contribution in [2.75, 3.05) is 26.7 Å². The van der Waals surface area contributed by atoms with Gasteiger partial charge < -0.3 is 9.80 Å². The smallest absolute Gasteiger partial charge is 0.226 e. The first-order chi connectivity index (χ1) is 12.6. The molecule has 1 saturated heterocycles. The fourth-order valence-corrected chi connectivity index (χ4v) is 4.06. The second-order valence-electron chi connectivity index (χ2n) is 7.72. The Labute approximate surface area is 157 Å². The molecule has 2 aromatic carbocycles. The van der Waals surface area contributed by atoms with Crippen LogP contribution in [0, 0.1) is 5.92 Å². The van der Waals surface area contributed by atoms with Gasteiger partial charge in [0.1, 0.15) is 0 Å². The van der Waals surface area contributed by atoms with Gasteiger partial charge in [0.25, 0.3) is 0 Å². The Kier molecular flexibility index (Phi) is 6.45. The van der Waals surface area contributed by atoms with Crippen LogP contribution in [0.25, 0.3) is 0 Å². The van der Waals surface area contributed by atoms with Crippen molar-refractivity contribution in [2.45, 2.75) is 32.2 Å². The first-order valence-corrected chi connectivity index (χ1v) is 9.81. The minimum atomic E-state index is 0.194. The Morgan fingerprint density at radius 3 is 2.23 bits per heavy atom. The zero-order valence-electron chi connectivity index (χ0n) is 16.0. The van der Waals surface area contributed by atoms with Crippen LogP contribution in [0.4, 0.5) is 0 Å². The van der Waals surface area contributed by atoms with E-state index in [2.05, 4.69) is 49.4 Å². The Hall–Kier alpha value is -2.13. The Morgan fingerprint density at radius 2 is 1.62 bits per heavy atom. The third kappa shape index (κ3) is 4.95. The van der Waals surface area contributed by atoms with Crippen molar-refractivity contribution in [3.8, 4) is 0 Å². The number of rotatable bonds is 6. The van der Waals surface area contributed by atoms with Crippen LogP contribution in [-0.2, 0) is 11.3 Å². The lowest BCUT2D eigenvalue weighted by molar-refractivity contribution is -0.907. The molecular formula is C23H31N2O+. The molecule has 26 heavy (non-hydrogen) atoms. The molecule has 1 N–H and O–H groups in total. The average molecular weight is 352 g/mol. The highest BCUT2D eigenvalue weighted by Gasteiger charge is 2.30. The summed E-state index contributed by atoms with van der Waals surface area (Å²) in [6.45, 7) is 6.38. The number of hydrogen-bond acceptors (Lipinski definition) is 1. The lowest BCUT2D eigenvalue weighted by atomic mass is 9.93. The van der Waals surface area contributed by atoms with E-state index >= 15 is 0 Å². The molecule has 0 bridgehead atoms. The molecule has 1 fully saturated rings. The summed E-state index contributed by atoms with van der Waals surface area (Å²) >= 11 is 0. The Balaban J connectivity index is 1.46. The monoisotopic (exact) mass is 351 g/mol. The SMILES string of the molecule is C[C@@H](C[NH+]1CCC(C(=O)N(C)Cc2ccccc2)CC1)c1ccccc1. The van der Waals surface area contributed by atoms with Gasteiger partial charge in [-0.25, -0.2) is 0 Å². The summed E-state index contributed by atoms with van der Waals surface area (Å²) in [6, 6.07) is 21.0. The minimum absolute atomic E-state index is 0.194. The number of benzene rings is 2. The van der Waals surface area contributed by atoms with Gasteiger partial charge in [-0.15, -0.1) is 0 Å². The molecule has 138 valence electrons. The first kappa shape index (κ1) is 18.7. The minimum Gasteiger partial charge on any atom is -0.341 e. The zero-order chi connectivity index (χ0) is 18.4. The van der Waals surface area contributed by atoms with E-state index in [9.17, 15) is 4.79 Å². The summed E-state index contributed by atoms with van der Waals surface area (Å²) < 4.78 is 0. The largest absolute Gasteiger partial charge is 0.341 e. The van der Waals surface area contributed by atoms with Gasteiger partial charge in [-0.3, -0.25) is 4.79 Å². The molecule has 0 aliphatic carbocycles. The number of piperidine rings is 1. The predicted octanol–water partition coefficient (Wildman–Crippen LogP) is 2.74. The number of amides is 1. The number of nitrogens with one attached hydrogen (secondary N) is 1. The maximum Gasteiger partial charge on any atom is 0.226 e. The highest BCUT2D eigenvalue weighted by Crippen LogP contribution is 2.16. The topological polar surface area (TPSA) is 24.8 Å². The summed E-state index contributed by atoms with van der Waals surface area (Å²) in [7, 11) is 1.94. The normalized spacial score (nSPS) is 21.2. The molecule has 1 atom stereocenters. The van der Waals surface area contributed by atoms with E-state index < -0.39 is 0 Å². The highest BCUT2D eigenvalue weighted by atomic mass is 16.2. The summed E-state index contributed by atoms with van der Waals surface area (Å²) in [5.41, 5.74) is 2.61. The van der Waals surface area contributed by atoms with Crippen LogP contribution >= 0.6 is 0 Å². The molecule has 3 nitrogen and oxygen atoms in total. The predicted molar refractivity (Wildman–Crippen MR) is 106 cm³/mol. The fourth-order valence-electron chi connectivity index (χ4n) is 4.06. The molecule has 3 heteroatoms. The molecule has 0 spiro atoms. The third-order valence-corrected chi connectivity index (χ3v) is 5.64. The fraction of sp³-hybridized carbons (Fsp3) is 0.435. The number of quaternary nitrogens is 1. The van der Waals surface area contributed by atoms with Gasteiger partial charge in [0, 0.05) is 38.3 Å². The molecular weight excluding hydrogens is 320 g/mol. The van der Waals surface area contributed by atoms with Crippen LogP contribution in [0.5, 0.6) is 0 Å². The lowest BCUT2D eigenvalue weighted by Gasteiger charge is -2.32. The number of carbonyl (C=O) groups is 1. The molecule has 1 heterocycles. The van der Waals surface area contributed by atoms with Crippen molar-refractivity contribution in [3.05, 3.63) is 71.8 Å².